The zero-order valence-corrected chi connectivity index (χ0v) is 10.1. The van der Waals surface area contributed by atoms with Crippen molar-refractivity contribution in [1.29, 1.82) is 0 Å². The van der Waals surface area contributed by atoms with E-state index in [1.54, 1.807) is 12.3 Å². The molecular formula is C13H12FN5. The summed E-state index contributed by atoms with van der Waals surface area (Å²) >= 11 is 0. The number of benzene rings is 1. The molecule has 1 aromatic carbocycles. The number of nitrogen functional groups attached to an aromatic ring is 1. The summed E-state index contributed by atoms with van der Waals surface area (Å²) in [6.07, 6.45) is 3.84. The van der Waals surface area contributed by atoms with Crippen LogP contribution in [0.15, 0.2) is 24.4 Å². The van der Waals surface area contributed by atoms with E-state index in [4.69, 9.17) is 5.73 Å². The lowest BCUT2D eigenvalue weighted by atomic mass is 10.3. The molecule has 0 radical (unpaired) electrons. The van der Waals surface area contributed by atoms with Crippen molar-refractivity contribution in [2.45, 2.75) is 18.9 Å². The number of aromatic amines is 1. The van der Waals surface area contributed by atoms with Gasteiger partial charge in [0.1, 0.15) is 17.5 Å². The van der Waals surface area contributed by atoms with Gasteiger partial charge in [0.15, 0.2) is 0 Å². The normalized spacial score (nSPS) is 15.2. The van der Waals surface area contributed by atoms with Gasteiger partial charge in [0.05, 0.1) is 22.8 Å². The Hall–Kier alpha value is -2.37. The first-order chi connectivity index (χ1) is 9.24. The number of nitrogens with one attached hydrogen (secondary N) is 1. The van der Waals surface area contributed by atoms with E-state index in [0.717, 1.165) is 35.3 Å². The molecule has 0 atom stereocenters. The smallest absolute Gasteiger partial charge is 0.146 e. The fourth-order valence-corrected chi connectivity index (χ4v) is 2.43. The van der Waals surface area contributed by atoms with Gasteiger partial charge in [-0.05, 0) is 31.0 Å². The number of nitrogens with zero attached hydrogens (tertiary/aromatic N) is 3. The molecule has 2 aromatic heterocycles. The van der Waals surface area contributed by atoms with Crippen molar-refractivity contribution in [2.75, 3.05) is 5.73 Å². The van der Waals surface area contributed by atoms with Crippen LogP contribution in [0.1, 0.15) is 18.9 Å². The number of rotatable bonds is 2. The minimum Gasteiger partial charge on any atom is -0.383 e. The van der Waals surface area contributed by atoms with Crippen LogP contribution in [0.3, 0.4) is 0 Å². The molecule has 1 fully saturated rings. The molecule has 0 aliphatic heterocycles. The molecule has 0 unspecified atom stereocenters. The van der Waals surface area contributed by atoms with Crippen molar-refractivity contribution in [3.05, 3.63) is 30.2 Å². The zero-order valence-electron chi connectivity index (χ0n) is 10.1. The Morgan fingerprint density at radius 1 is 1.37 bits per heavy atom. The van der Waals surface area contributed by atoms with E-state index < -0.39 is 0 Å². The number of hydrogen-bond acceptors (Lipinski definition) is 3. The fraction of sp³-hybridized carbons (Fsp3) is 0.231. The van der Waals surface area contributed by atoms with Crippen LogP contribution in [0.2, 0.25) is 0 Å². The molecule has 0 saturated heterocycles. The van der Waals surface area contributed by atoms with E-state index >= 15 is 0 Å². The Labute approximate surface area is 108 Å². The van der Waals surface area contributed by atoms with E-state index in [0.29, 0.717) is 11.9 Å². The lowest BCUT2D eigenvalue weighted by Crippen LogP contribution is -1.99. The number of fused-ring (bicyclic) bond motifs is 1. The summed E-state index contributed by atoms with van der Waals surface area (Å²) in [6, 6.07) is 5.04. The van der Waals surface area contributed by atoms with Crippen LogP contribution in [0.5, 0.6) is 0 Å². The molecule has 3 N–H and O–H groups in total. The van der Waals surface area contributed by atoms with Gasteiger partial charge in [0.2, 0.25) is 0 Å². The van der Waals surface area contributed by atoms with E-state index in [1.807, 2.05) is 0 Å². The minimum absolute atomic E-state index is 0.249. The van der Waals surface area contributed by atoms with Crippen molar-refractivity contribution in [1.82, 2.24) is 19.7 Å². The highest BCUT2D eigenvalue weighted by atomic mass is 19.1. The average molecular weight is 257 g/mol. The second-order valence-electron chi connectivity index (χ2n) is 4.87. The molecule has 1 aliphatic rings. The van der Waals surface area contributed by atoms with Gasteiger partial charge in [-0.15, -0.1) is 0 Å². The van der Waals surface area contributed by atoms with Gasteiger partial charge in [0.25, 0.3) is 0 Å². The molecule has 0 bridgehead atoms. The van der Waals surface area contributed by atoms with E-state index in [9.17, 15) is 4.39 Å². The molecule has 5 nitrogen and oxygen atoms in total. The second kappa shape index (κ2) is 3.57. The maximum atomic E-state index is 13.4. The van der Waals surface area contributed by atoms with Crippen molar-refractivity contribution < 1.29 is 4.39 Å². The molecule has 6 heteroatoms. The maximum absolute atomic E-state index is 13.4. The predicted octanol–water partition coefficient (Wildman–Crippen LogP) is 2.48. The largest absolute Gasteiger partial charge is 0.383 e. The van der Waals surface area contributed by atoms with Crippen LogP contribution < -0.4 is 5.73 Å². The lowest BCUT2D eigenvalue weighted by Gasteiger charge is -2.06. The fourth-order valence-electron chi connectivity index (χ4n) is 2.43. The monoisotopic (exact) mass is 257 g/mol. The van der Waals surface area contributed by atoms with Crippen molar-refractivity contribution in [2.24, 2.45) is 0 Å². The van der Waals surface area contributed by atoms with Crippen LogP contribution in [-0.2, 0) is 0 Å². The molecule has 0 spiro atoms. The van der Waals surface area contributed by atoms with Gasteiger partial charge in [-0.25, -0.2) is 9.37 Å². The van der Waals surface area contributed by atoms with Gasteiger partial charge in [-0.1, -0.05) is 0 Å². The molecule has 1 saturated carbocycles. The highest BCUT2D eigenvalue weighted by Gasteiger charge is 2.29. The summed E-state index contributed by atoms with van der Waals surface area (Å²) in [5.41, 5.74) is 8.23. The highest BCUT2D eigenvalue weighted by Crippen LogP contribution is 2.41. The summed E-state index contributed by atoms with van der Waals surface area (Å²) in [5, 5.41) is 6.64. The van der Waals surface area contributed by atoms with Gasteiger partial charge < -0.3 is 10.3 Å². The van der Waals surface area contributed by atoms with Crippen LogP contribution in [0.25, 0.3) is 22.4 Å². The molecule has 2 heterocycles. The topological polar surface area (TPSA) is 72.5 Å². The average Bonchev–Trinajstić information content (AvgIpc) is 3.03. The standard InChI is InChI=1S/C13H12FN5/c14-7-1-4-10-11(5-7)19(8-2-3-8)13(17-10)9-6-16-18-12(9)15/h1,4-6,8H,2-3H2,(H3,15,16,18). The third-order valence-corrected chi connectivity index (χ3v) is 3.47. The zero-order chi connectivity index (χ0) is 13.0. The number of hydrogen-bond donors (Lipinski definition) is 2. The third kappa shape index (κ3) is 1.53. The Bertz CT molecular complexity index is 769. The Morgan fingerprint density at radius 3 is 2.89 bits per heavy atom. The first kappa shape index (κ1) is 10.5. The summed E-state index contributed by atoms with van der Waals surface area (Å²) < 4.78 is 15.5. The number of anilines is 1. The molecule has 19 heavy (non-hydrogen) atoms. The number of nitrogens with two attached hydrogens (primary N) is 1. The minimum atomic E-state index is -0.249. The Kier molecular flexibility index (Phi) is 1.98. The van der Waals surface area contributed by atoms with Crippen LogP contribution in [-0.4, -0.2) is 19.7 Å². The summed E-state index contributed by atoms with van der Waals surface area (Å²) in [4.78, 5) is 4.57. The molecule has 0 amide bonds. The van der Waals surface area contributed by atoms with Gasteiger partial charge >= 0.3 is 0 Å². The summed E-state index contributed by atoms with van der Waals surface area (Å²) in [6.45, 7) is 0. The number of halogens is 1. The number of imidazole rings is 1. The SMILES string of the molecule is Nc1[nH]ncc1-c1nc2ccc(F)cc2n1C1CC1. The summed E-state index contributed by atoms with van der Waals surface area (Å²) in [5.74, 6) is 0.994. The van der Waals surface area contributed by atoms with Crippen LogP contribution in [0, 0.1) is 5.82 Å². The van der Waals surface area contributed by atoms with E-state index in [-0.39, 0.29) is 5.82 Å². The molecular weight excluding hydrogens is 245 g/mol. The first-order valence-electron chi connectivity index (χ1n) is 6.21. The molecule has 96 valence electrons. The van der Waals surface area contributed by atoms with E-state index in [2.05, 4.69) is 19.7 Å². The van der Waals surface area contributed by atoms with Gasteiger partial charge in [0, 0.05) is 6.04 Å². The van der Waals surface area contributed by atoms with Gasteiger partial charge in [-0.3, -0.25) is 5.10 Å². The second-order valence-corrected chi connectivity index (χ2v) is 4.87. The lowest BCUT2D eigenvalue weighted by molar-refractivity contribution is 0.628. The molecule has 4 rings (SSSR count). The van der Waals surface area contributed by atoms with Crippen molar-refractivity contribution in [3.8, 4) is 11.4 Å². The molecule has 3 aromatic rings. The Balaban J connectivity index is 2.05. The van der Waals surface area contributed by atoms with Gasteiger partial charge in [-0.2, -0.15) is 5.10 Å². The Morgan fingerprint density at radius 2 is 2.21 bits per heavy atom. The van der Waals surface area contributed by atoms with Crippen molar-refractivity contribution >= 4 is 16.9 Å². The van der Waals surface area contributed by atoms with Crippen LogP contribution >= 0.6 is 0 Å². The van der Waals surface area contributed by atoms with Crippen molar-refractivity contribution in [3.63, 3.8) is 0 Å². The molecule has 1 aliphatic carbocycles. The number of H-pyrrole nitrogens is 1. The predicted molar refractivity (Wildman–Crippen MR) is 70.0 cm³/mol. The summed E-state index contributed by atoms with van der Waals surface area (Å²) in [7, 11) is 0. The quantitative estimate of drug-likeness (QED) is 0.740. The maximum Gasteiger partial charge on any atom is 0.146 e. The number of aromatic nitrogens is 4. The highest BCUT2D eigenvalue weighted by molar-refractivity contribution is 5.83. The van der Waals surface area contributed by atoms with E-state index in [1.165, 1.54) is 12.1 Å². The third-order valence-electron chi connectivity index (χ3n) is 3.47. The first-order valence-corrected chi connectivity index (χ1v) is 6.21. The van der Waals surface area contributed by atoms with Crippen LogP contribution in [0.4, 0.5) is 10.2 Å².